The topological polar surface area (TPSA) is 53.6 Å². The lowest BCUT2D eigenvalue weighted by Crippen LogP contribution is -2.17. The Bertz CT molecular complexity index is 1310. The van der Waals surface area contributed by atoms with Gasteiger partial charge in [-0.15, -0.1) is 0 Å². The first-order chi connectivity index (χ1) is 17.1. The number of hydrogen-bond acceptors (Lipinski definition) is 3. The van der Waals surface area contributed by atoms with Gasteiger partial charge in [-0.1, -0.05) is 73.5 Å². The van der Waals surface area contributed by atoms with Crippen molar-refractivity contribution in [3.63, 3.8) is 0 Å². The van der Waals surface area contributed by atoms with Crippen LogP contribution in [0.1, 0.15) is 56.9 Å². The number of anilines is 1. The number of aromatic amines is 1. The van der Waals surface area contributed by atoms with E-state index in [1.54, 1.807) is 12.4 Å². The first-order valence-corrected chi connectivity index (χ1v) is 13.5. The van der Waals surface area contributed by atoms with Gasteiger partial charge in [0.2, 0.25) is 0 Å². The second-order valence-corrected chi connectivity index (χ2v) is 10.6. The molecule has 0 bridgehead atoms. The SMILES string of the molecule is Clc1cnc2ccc(CC3CC/C=C\C(Nc4cnc5[nH]cc(Cl)c5c4)CCCCCC3)cc2c1. The predicted octanol–water partition coefficient (Wildman–Crippen LogP) is 8.75. The van der Waals surface area contributed by atoms with E-state index in [0.29, 0.717) is 22.0 Å². The first kappa shape index (κ1) is 24.1. The van der Waals surface area contributed by atoms with E-state index < -0.39 is 0 Å². The number of nitrogens with zero attached hydrogens (tertiary/aromatic N) is 2. The molecule has 0 spiro atoms. The molecule has 2 atom stereocenters. The van der Waals surface area contributed by atoms with Crippen LogP contribution in [-0.4, -0.2) is 21.0 Å². The number of hydrogen-bond donors (Lipinski definition) is 2. The number of nitrogens with one attached hydrogen (secondary N) is 2. The number of benzene rings is 1. The molecule has 6 heteroatoms. The zero-order valence-corrected chi connectivity index (χ0v) is 21.5. The Morgan fingerprint density at radius 1 is 0.943 bits per heavy atom. The fourth-order valence-electron chi connectivity index (χ4n) is 5.19. The van der Waals surface area contributed by atoms with Crippen molar-refractivity contribution >= 4 is 50.8 Å². The zero-order chi connectivity index (χ0) is 24.0. The molecule has 1 aliphatic carbocycles. The van der Waals surface area contributed by atoms with Crippen LogP contribution < -0.4 is 5.32 Å². The monoisotopic (exact) mass is 506 g/mol. The summed E-state index contributed by atoms with van der Waals surface area (Å²) >= 11 is 12.5. The van der Waals surface area contributed by atoms with Gasteiger partial charge in [-0.05, 0) is 61.4 Å². The van der Waals surface area contributed by atoms with Gasteiger partial charge >= 0.3 is 0 Å². The van der Waals surface area contributed by atoms with Crippen LogP contribution in [0.15, 0.2) is 61.1 Å². The van der Waals surface area contributed by atoms with Crippen molar-refractivity contribution in [1.29, 1.82) is 0 Å². The number of allylic oxidation sites excluding steroid dienone is 1. The minimum absolute atomic E-state index is 0.308. The third-order valence-electron chi connectivity index (χ3n) is 7.06. The molecule has 3 aromatic heterocycles. The number of fused-ring (bicyclic) bond motifs is 2. The Morgan fingerprint density at radius 2 is 1.83 bits per heavy atom. The van der Waals surface area contributed by atoms with Crippen molar-refractivity contribution in [2.24, 2.45) is 5.92 Å². The van der Waals surface area contributed by atoms with E-state index in [1.807, 2.05) is 12.3 Å². The van der Waals surface area contributed by atoms with E-state index in [4.69, 9.17) is 23.2 Å². The van der Waals surface area contributed by atoms with Gasteiger partial charge in [0.1, 0.15) is 5.65 Å². The molecule has 1 aromatic carbocycles. The standard InChI is InChI=1S/C29H32Cl2N4/c30-23-15-22-14-21(11-12-28(22)32-17-23)13-20-7-3-1-2-4-9-24(10-6-5-8-20)35-25-16-26-27(31)19-34-29(26)33-18-25/h6,10-12,14-20,24,35H,1-5,7-9,13H2,(H,33,34)/b10-6-. The third-order valence-corrected chi connectivity index (χ3v) is 7.58. The second kappa shape index (κ2) is 11.5. The van der Waals surface area contributed by atoms with Crippen molar-refractivity contribution < 1.29 is 0 Å². The van der Waals surface area contributed by atoms with Gasteiger partial charge in [-0.25, -0.2) is 4.98 Å². The lowest BCUT2D eigenvalue weighted by atomic mass is 9.88. The van der Waals surface area contributed by atoms with Crippen LogP contribution >= 0.6 is 23.2 Å². The molecule has 35 heavy (non-hydrogen) atoms. The van der Waals surface area contributed by atoms with Crippen molar-refractivity contribution in [3.8, 4) is 0 Å². The molecule has 0 fully saturated rings. The molecule has 4 nitrogen and oxygen atoms in total. The predicted molar refractivity (Wildman–Crippen MR) is 149 cm³/mol. The molecule has 0 amide bonds. The van der Waals surface area contributed by atoms with Crippen LogP contribution in [0.25, 0.3) is 21.9 Å². The summed E-state index contributed by atoms with van der Waals surface area (Å²) in [5.41, 5.74) is 4.23. The molecule has 2 unspecified atom stereocenters. The van der Waals surface area contributed by atoms with Crippen LogP contribution in [0, 0.1) is 5.92 Å². The van der Waals surface area contributed by atoms with Gasteiger partial charge in [0.15, 0.2) is 0 Å². The van der Waals surface area contributed by atoms with Gasteiger partial charge in [0, 0.05) is 29.2 Å². The average Bonchev–Trinajstić information content (AvgIpc) is 3.22. The number of aromatic nitrogens is 3. The van der Waals surface area contributed by atoms with E-state index in [1.165, 1.54) is 44.1 Å². The van der Waals surface area contributed by atoms with Crippen molar-refractivity contribution in [2.75, 3.05) is 5.32 Å². The summed E-state index contributed by atoms with van der Waals surface area (Å²) in [6.45, 7) is 0. The maximum Gasteiger partial charge on any atom is 0.138 e. The molecule has 2 N–H and O–H groups in total. The molecule has 0 saturated carbocycles. The van der Waals surface area contributed by atoms with Crippen LogP contribution in [0.3, 0.4) is 0 Å². The molecular weight excluding hydrogens is 475 g/mol. The summed E-state index contributed by atoms with van der Waals surface area (Å²) in [6, 6.07) is 11.0. The van der Waals surface area contributed by atoms with Crippen LogP contribution in [-0.2, 0) is 6.42 Å². The zero-order valence-electron chi connectivity index (χ0n) is 19.9. The molecular formula is C29H32Cl2N4. The molecule has 4 aromatic rings. The number of halogens is 2. The third kappa shape index (κ3) is 6.36. The van der Waals surface area contributed by atoms with Crippen LogP contribution in [0.4, 0.5) is 5.69 Å². The Morgan fingerprint density at radius 3 is 2.74 bits per heavy atom. The Kier molecular flexibility index (Phi) is 7.90. The maximum absolute atomic E-state index is 6.29. The van der Waals surface area contributed by atoms with Crippen molar-refractivity contribution in [1.82, 2.24) is 15.0 Å². The molecule has 0 aliphatic heterocycles. The van der Waals surface area contributed by atoms with E-state index in [9.17, 15) is 0 Å². The largest absolute Gasteiger partial charge is 0.378 e. The molecule has 0 radical (unpaired) electrons. The minimum atomic E-state index is 0.308. The fourth-order valence-corrected chi connectivity index (χ4v) is 5.55. The van der Waals surface area contributed by atoms with Crippen LogP contribution in [0.2, 0.25) is 10.0 Å². The number of H-pyrrole nitrogens is 1. The summed E-state index contributed by atoms with van der Waals surface area (Å²) in [6.07, 6.45) is 21.1. The van der Waals surface area contributed by atoms with Crippen molar-refractivity contribution in [2.45, 2.75) is 63.8 Å². The minimum Gasteiger partial charge on any atom is -0.378 e. The maximum atomic E-state index is 6.29. The number of pyridine rings is 2. The Labute approximate surface area is 217 Å². The van der Waals surface area contributed by atoms with E-state index in [0.717, 1.165) is 46.9 Å². The highest BCUT2D eigenvalue weighted by Gasteiger charge is 2.13. The summed E-state index contributed by atoms with van der Waals surface area (Å²) < 4.78 is 0. The summed E-state index contributed by atoms with van der Waals surface area (Å²) in [5, 5.41) is 7.17. The molecule has 1 aliphatic rings. The molecule has 3 heterocycles. The van der Waals surface area contributed by atoms with Gasteiger partial charge < -0.3 is 10.3 Å². The highest BCUT2D eigenvalue weighted by atomic mass is 35.5. The quantitative estimate of drug-likeness (QED) is 0.272. The number of rotatable bonds is 4. The summed E-state index contributed by atoms with van der Waals surface area (Å²) in [5.74, 6) is 0.692. The van der Waals surface area contributed by atoms with Gasteiger partial charge in [0.25, 0.3) is 0 Å². The summed E-state index contributed by atoms with van der Waals surface area (Å²) in [7, 11) is 0. The lowest BCUT2D eigenvalue weighted by Gasteiger charge is -2.20. The van der Waals surface area contributed by atoms with E-state index >= 15 is 0 Å². The second-order valence-electron chi connectivity index (χ2n) is 9.76. The first-order valence-electron chi connectivity index (χ1n) is 12.7. The highest BCUT2D eigenvalue weighted by molar-refractivity contribution is 6.35. The average molecular weight is 508 g/mol. The van der Waals surface area contributed by atoms with Crippen LogP contribution in [0.5, 0.6) is 0 Å². The summed E-state index contributed by atoms with van der Waals surface area (Å²) in [4.78, 5) is 12.0. The lowest BCUT2D eigenvalue weighted by molar-refractivity contribution is 0.421. The molecule has 5 rings (SSSR count). The van der Waals surface area contributed by atoms with Crippen molar-refractivity contribution in [3.05, 3.63) is 76.7 Å². The van der Waals surface area contributed by atoms with E-state index in [-0.39, 0.29) is 0 Å². The van der Waals surface area contributed by atoms with Gasteiger partial charge in [-0.3, -0.25) is 4.98 Å². The molecule has 182 valence electrons. The normalized spacial score (nSPS) is 20.9. The van der Waals surface area contributed by atoms with Gasteiger partial charge in [-0.2, -0.15) is 0 Å². The van der Waals surface area contributed by atoms with Gasteiger partial charge in [0.05, 0.1) is 27.4 Å². The Hall–Kier alpha value is -2.56. The highest BCUT2D eigenvalue weighted by Crippen LogP contribution is 2.27. The fraction of sp³-hybridized carbons (Fsp3) is 0.379. The smallest absolute Gasteiger partial charge is 0.138 e. The molecule has 0 saturated heterocycles. The van der Waals surface area contributed by atoms with E-state index in [2.05, 4.69) is 56.7 Å². The Balaban J connectivity index is 1.23.